The van der Waals surface area contributed by atoms with E-state index in [4.69, 9.17) is 0 Å². The number of unbranched alkanes of at least 4 members (excludes halogenated alkanes) is 3. The minimum Gasteiger partial charge on any atom is -0.746 e. The van der Waals surface area contributed by atoms with E-state index in [1.165, 1.54) is 0 Å². The first-order valence-electron chi connectivity index (χ1n) is 4.78. The molecule has 0 spiro atoms. The molecule has 0 aromatic heterocycles. The number of hydrogen-bond acceptors (Lipinski definition) is 3. The van der Waals surface area contributed by atoms with Gasteiger partial charge in [0.05, 0.1) is 0 Å². The van der Waals surface area contributed by atoms with Crippen LogP contribution < -0.4 is 29.6 Å². The molecular weight excluding hydrogens is 275 g/mol. The van der Waals surface area contributed by atoms with E-state index in [0.717, 1.165) is 0 Å². The SMILES string of the molecule is O=S(=O)([O-])C(F)CCCCCCC(F)(F)F.[Na+]. The van der Waals surface area contributed by atoms with Crippen LogP contribution in [0.3, 0.4) is 0 Å². The molecule has 0 heterocycles. The van der Waals surface area contributed by atoms with Crippen LogP contribution in [0, 0.1) is 0 Å². The van der Waals surface area contributed by atoms with Crippen LogP contribution in [0.1, 0.15) is 38.5 Å². The summed E-state index contributed by atoms with van der Waals surface area (Å²) >= 11 is 0. The smallest absolute Gasteiger partial charge is 0.746 e. The van der Waals surface area contributed by atoms with Crippen molar-refractivity contribution in [1.82, 2.24) is 0 Å². The molecule has 3 nitrogen and oxygen atoms in total. The van der Waals surface area contributed by atoms with Gasteiger partial charge in [-0.05, 0) is 19.3 Å². The molecule has 9 heteroatoms. The molecule has 0 amide bonds. The average molecular weight is 288 g/mol. The Morgan fingerprint density at radius 3 is 1.94 bits per heavy atom. The van der Waals surface area contributed by atoms with E-state index < -0.39 is 34.6 Å². The Hall–Kier alpha value is 0.630. The van der Waals surface area contributed by atoms with Gasteiger partial charge in [-0.25, -0.2) is 12.8 Å². The van der Waals surface area contributed by atoms with E-state index >= 15 is 0 Å². The molecule has 98 valence electrons. The molecule has 0 aromatic carbocycles. The fourth-order valence-electron chi connectivity index (χ4n) is 1.13. The van der Waals surface area contributed by atoms with Gasteiger partial charge in [0.15, 0.2) is 5.50 Å². The van der Waals surface area contributed by atoms with Crippen LogP contribution in [-0.2, 0) is 10.1 Å². The van der Waals surface area contributed by atoms with Crippen molar-refractivity contribution in [3.63, 3.8) is 0 Å². The van der Waals surface area contributed by atoms with Crippen molar-refractivity contribution in [3.05, 3.63) is 0 Å². The summed E-state index contributed by atoms with van der Waals surface area (Å²) in [5.41, 5.74) is -2.45. The summed E-state index contributed by atoms with van der Waals surface area (Å²) in [4.78, 5) is 0. The van der Waals surface area contributed by atoms with Crippen LogP contribution in [0.15, 0.2) is 0 Å². The number of alkyl halides is 4. The normalized spacial score (nSPS) is 14.2. The van der Waals surface area contributed by atoms with Gasteiger partial charge >= 0.3 is 35.7 Å². The fourth-order valence-corrected chi connectivity index (χ4v) is 1.58. The first-order valence-corrected chi connectivity index (χ1v) is 6.25. The number of rotatable bonds is 7. The standard InChI is InChI=1S/C8H14F4O3S.Na/c9-7(16(13,14)15)5-3-1-2-4-6-8(10,11)12;/h7H,1-6H2,(H,13,14,15);/q;+1/p-1. The summed E-state index contributed by atoms with van der Waals surface area (Å²) in [7, 11) is -4.92. The molecule has 0 aliphatic heterocycles. The van der Waals surface area contributed by atoms with Gasteiger partial charge in [-0.2, -0.15) is 13.2 Å². The van der Waals surface area contributed by atoms with E-state index in [1.54, 1.807) is 0 Å². The fraction of sp³-hybridized carbons (Fsp3) is 1.00. The van der Waals surface area contributed by atoms with Crippen LogP contribution in [0.4, 0.5) is 17.6 Å². The van der Waals surface area contributed by atoms with E-state index in [-0.39, 0.29) is 55.2 Å². The predicted octanol–water partition coefficient (Wildman–Crippen LogP) is -0.266. The maximum atomic E-state index is 12.5. The van der Waals surface area contributed by atoms with Gasteiger partial charge in [-0.1, -0.05) is 12.8 Å². The second-order valence-electron chi connectivity index (χ2n) is 3.47. The monoisotopic (exact) mass is 288 g/mol. The Balaban J connectivity index is 0. The first-order chi connectivity index (χ1) is 7.13. The van der Waals surface area contributed by atoms with Crippen LogP contribution in [0.25, 0.3) is 0 Å². The molecule has 0 radical (unpaired) electrons. The third-order valence-corrected chi connectivity index (χ3v) is 2.82. The molecule has 0 saturated heterocycles. The first kappa shape index (κ1) is 20.0. The molecular formula is C8H13F4NaO3S. The Kier molecular flexibility index (Phi) is 10.2. The second kappa shape index (κ2) is 8.68. The van der Waals surface area contributed by atoms with E-state index in [2.05, 4.69) is 0 Å². The number of hydrogen-bond donors (Lipinski definition) is 0. The molecule has 17 heavy (non-hydrogen) atoms. The van der Waals surface area contributed by atoms with E-state index in [1.807, 2.05) is 0 Å². The van der Waals surface area contributed by atoms with Crippen molar-refractivity contribution in [1.29, 1.82) is 0 Å². The summed E-state index contributed by atoms with van der Waals surface area (Å²) in [6.45, 7) is 0. The van der Waals surface area contributed by atoms with Crippen LogP contribution in [-0.4, -0.2) is 24.7 Å². The third kappa shape index (κ3) is 12.9. The third-order valence-electron chi connectivity index (χ3n) is 1.95. The zero-order valence-electron chi connectivity index (χ0n) is 9.46. The van der Waals surface area contributed by atoms with Crippen LogP contribution in [0.2, 0.25) is 0 Å². The molecule has 1 unspecified atom stereocenters. The topological polar surface area (TPSA) is 57.2 Å². The van der Waals surface area contributed by atoms with Gasteiger partial charge in [0.1, 0.15) is 10.1 Å². The Morgan fingerprint density at radius 2 is 1.53 bits per heavy atom. The molecule has 0 aromatic rings. The Bertz CT molecular complexity index is 292. The molecule has 0 rings (SSSR count). The maximum absolute atomic E-state index is 12.5. The molecule has 0 saturated carbocycles. The molecule has 0 fully saturated rings. The van der Waals surface area contributed by atoms with Crippen LogP contribution >= 0.6 is 0 Å². The molecule has 0 bridgehead atoms. The molecule has 0 N–H and O–H groups in total. The van der Waals surface area contributed by atoms with Gasteiger partial charge in [-0.15, -0.1) is 0 Å². The Labute approximate surface area is 120 Å². The summed E-state index contributed by atoms with van der Waals surface area (Å²) in [5, 5.41) is 0. The van der Waals surface area contributed by atoms with Gasteiger partial charge in [-0.3, -0.25) is 0 Å². The van der Waals surface area contributed by atoms with Crippen molar-refractivity contribution in [3.8, 4) is 0 Å². The van der Waals surface area contributed by atoms with Gasteiger partial charge < -0.3 is 4.55 Å². The molecule has 0 aliphatic carbocycles. The van der Waals surface area contributed by atoms with Crippen LogP contribution in [0.5, 0.6) is 0 Å². The zero-order chi connectivity index (χ0) is 12.8. The Morgan fingerprint density at radius 1 is 1.06 bits per heavy atom. The molecule has 0 aliphatic rings. The van der Waals surface area contributed by atoms with Crippen molar-refractivity contribution in [2.45, 2.75) is 50.2 Å². The van der Waals surface area contributed by atoms with E-state index in [0.29, 0.717) is 0 Å². The van der Waals surface area contributed by atoms with Crippen molar-refractivity contribution >= 4 is 10.1 Å². The van der Waals surface area contributed by atoms with Gasteiger partial charge in [0, 0.05) is 6.42 Å². The maximum Gasteiger partial charge on any atom is 1.00 e. The minimum atomic E-state index is -4.92. The molecule has 1 atom stereocenters. The summed E-state index contributed by atoms with van der Waals surface area (Å²) in [6.07, 6.45) is -4.98. The van der Waals surface area contributed by atoms with Crippen molar-refractivity contribution in [2.24, 2.45) is 0 Å². The van der Waals surface area contributed by atoms with Crippen molar-refractivity contribution in [2.75, 3.05) is 0 Å². The predicted molar refractivity (Wildman–Crippen MR) is 48.4 cm³/mol. The number of halogens is 4. The second-order valence-corrected chi connectivity index (χ2v) is 4.97. The van der Waals surface area contributed by atoms with Gasteiger partial charge in [0.25, 0.3) is 0 Å². The summed E-state index contributed by atoms with van der Waals surface area (Å²) in [6, 6.07) is 0. The van der Waals surface area contributed by atoms with Crippen molar-refractivity contribution < 1.29 is 60.1 Å². The largest absolute Gasteiger partial charge is 1.00 e. The minimum absolute atomic E-state index is 0. The zero-order valence-corrected chi connectivity index (χ0v) is 12.3. The average Bonchev–Trinajstić information content (AvgIpc) is 2.07. The summed E-state index contributed by atoms with van der Waals surface area (Å²) < 4.78 is 77.8. The van der Waals surface area contributed by atoms with Gasteiger partial charge in [0.2, 0.25) is 0 Å². The summed E-state index contributed by atoms with van der Waals surface area (Å²) in [5.74, 6) is 0. The quantitative estimate of drug-likeness (QED) is 0.280. The van der Waals surface area contributed by atoms with E-state index in [9.17, 15) is 30.5 Å².